The molecule has 0 saturated heterocycles. The van der Waals surface area contributed by atoms with Crippen LogP contribution in [-0.4, -0.2) is 22.2 Å². The van der Waals surface area contributed by atoms with Gasteiger partial charge in [0.15, 0.2) is 0 Å². The maximum absolute atomic E-state index is 11.0. The summed E-state index contributed by atoms with van der Waals surface area (Å²) in [5.41, 5.74) is 3.99. The Morgan fingerprint density at radius 3 is 3.06 bits per heavy atom. The zero-order valence-electron chi connectivity index (χ0n) is 9.66. The number of aromatic carboxylic acids is 1. The predicted octanol–water partition coefficient (Wildman–Crippen LogP) is 1.52. The summed E-state index contributed by atoms with van der Waals surface area (Å²) in [6.45, 7) is 1.86. The molecule has 0 amide bonds. The highest BCUT2D eigenvalue weighted by Crippen LogP contribution is 2.28. The highest BCUT2D eigenvalue weighted by molar-refractivity contribution is 5.95. The van der Waals surface area contributed by atoms with Crippen LogP contribution in [0, 0.1) is 0 Å². The number of benzene rings is 1. The van der Waals surface area contributed by atoms with E-state index in [1.165, 1.54) is 16.6 Å². The molecule has 4 nitrogen and oxygen atoms in total. The second-order valence-corrected chi connectivity index (χ2v) is 4.45. The third-order valence-corrected chi connectivity index (χ3v) is 3.52. The van der Waals surface area contributed by atoms with E-state index in [4.69, 9.17) is 5.11 Å². The summed E-state index contributed by atoms with van der Waals surface area (Å²) in [6, 6.07) is 5.36. The van der Waals surface area contributed by atoms with Gasteiger partial charge in [0.25, 0.3) is 0 Å². The summed E-state index contributed by atoms with van der Waals surface area (Å²) in [6.07, 6.45) is 1.00. The van der Waals surface area contributed by atoms with Crippen LogP contribution in [0.3, 0.4) is 0 Å². The van der Waals surface area contributed by atoms with E-state index in [1.807, 2.05) is 13.1 Å². The molecular formula is C13H14N2O2. The molecule has 17 heavy (non-hydrogen) atoms. The van der Waals surface area contributed by atoms with E-state index in [2.05, 4.69) is 9.88 Å². The van der Waals surface area contributed by atoms with Gasteiger partial charge in [-0.2, -0.15) is 0 Å². The van der Waals surface area contributed by atoms with Crippen molar-refractivity contribution in [1.29, 1.82) is 0 Å². The van der Waals surface area contributed by atoms with Crippen molar-refractivity contribution in [2.75, 3.05) is 6.54 Å². The smallest absolute Gasteiger partial charge is 0.335 e. The molecule has 1 aromatic carbocycles. The molecular weight excluding hydrogens is 216 g/mol. The molecule has 2 N–H and O–H groups in total. The maximum Gasteiger partial charge on any atom is 0.335 e. The number of fused-ring (bicyclic) bond motifs is 3. The lowest BCUT2D eigenvalue weighted by molar-refractivity contribution is 0.0697. The van der Waals surface area contributed by atoms with E-state index in [-0.39, 0.29) is 0 Å². The van der Waals surface area contributed by atoms with E-state index in [9.17, 15) is 4.79 Å². The lowest BCUT2D eigenvalue weighted by Crippen LogP contribution is -2.24. The highest BCUT2D eigenvalue weighted by atomic mass is 16.4. The highest BCUT2D eigenvalue weighted by Gasteiger charge is 2.18. The first-order valence-electron chi connectivity index (χ1n) is 5.72. The number of aromatic nitrogens is 1. The molecule has 0 bridgehead atoms. The van der Waals surface area contributed by atoms with Crippen LogP contribution < -0.4 is 5.32 Å². The molecule has 1 aliphatic rings. The molecule has 3 rings (SSSR count). The average Bonchev–Trinajstić information content (AvgIpc) is 2.64. The van der Waals surface area contributed by atoms with Crippen molar-refractivity contribution in [3.8, 4) is 0 Å². The monoisotopic (exact) mass is 230 g/mol. The van der Waals surface area contributed by atoms with Crippen LogP contribution in [-0.2, 0) is 20.0 Å². The fourth-order valence-electron chi connectivity index (χ4n) is 2.64. The van der Waals surface area contributed by atoms with Crippen LogP contribution in [0.1, 0.15) is 21.6 Å². The Hall–Kier alpha value is -1.81. The number of nitrogens with zero attached hydrogens (tertiary/aromatic N) is 1. The Labute approximate surface area is 98.9 Å². The van der Waals surface area contributed by atoms with Gasteiger partial charge in [-0.05, 0) is 17.7 Å². The summed E-state index contributed by atoms with van der Waals surface area (Å²) in [5.74, 6) is -0.871. The number of carboxylic acid groups (broad SMARTS) is 1. The summed E-state index contributed by atoms with van der Waals surface area (Å²) >= 11 is 0. The molecule has 0 aliphatic carbocycles. The van der Waals surface area contributed by atoms with Gasteiger partial charge < -0.3 is 15.0 Å². The Bertz CT molecular complexity index is 613. The van der Waals surface area contributed by atoms with E-state index in [0.29, 0.717) is 5.56 Å². The number of hydrogen-bond acceptors (Lipinski definition) is 2. The van der Waals surface area contributed by atoms with Crippen molar-refractivity contribution in [1.82, 2.24) is 9.88 Å². The van der Waals surface area contributed by atoms with Gasteiger partial charge in [-0.1, -0.05) is 6.07 Å². The Kier molecular flexibility index (Phi) is 2.19. The first-order valence-corrected chi connectivity index (χ1v) is 5.72. The number of nitrogens with one attached hydrogen (secondary N) is 1. The van der Waals surface area contributed by atoms with Gasteiger partial charge in [-0.15, -0.1) is 0 Å². The van der Waals surface area contributed by atoms with Gasteiger partial charge in [-0.3, -0.25) is 0 Å². The van der Waals surface area contributed by atoms with E-state index < -0.39 is 5.97 Å². The standard InChI is InChI=1S/C13H14N2O2/c1-15-11-4-5-14-7-10(11)9-3-2-8(13(16)17)6-12(9)15/h2-3,6,14H,4-5,7H2,1H3,(H,16,17). The average molecular weight is 230 g/mol. The fraction of sp³-hybridized carbons (Fsp3) is 0.308. The van der Waals surface area contributed by atoms with Crippen LogP contribution in [0.4, 0.5) is 0 Å². The minimum absolute atomic E-state index is 0.350. The molecule has 4 heteroatoms. The van der Waals surface area contributed by atoms with Gasteiger partial charge in [0.05, 0.1) is 5.56 Å². The van der Waals surface area contributed by atoms with Crippen molar-refractivity contribution < 1.29 is 9.90 Å². The van der Waals surface area contributed by atoms with Gasteiger partial charge in [0.2, 0.25) is 0 Å². The molecule has 1 aliphatic heterocycles. The van der Waals surface area contributed by atoms with Crippen LogP contribution in [0.15, 0.2) is 18.2 Å². The molecule has 1 aromatic heterocycles. The van der Waals surface area contributed by atoms with Gasteiger partial charge in [-0.25, -0.2) is 4.79 Å². The zero-order valence-corrected chi connectivity index (χ0v) is 9.66. The molecule has 0 fully saturated rings. The van der Waals surface area contributed by atoms with Crippen molar-refractivity contribution in [3.63, 3.8) is 0 Å². The zero-order chi connectivity index (χ0) is 12.0. The first-order chi connectivity index (χ1) is 8.18. The third kappa shape index (κ3) is 1.45. The third-order valence-electron chi connectivity index (χ3n) is 3.52. The van der Waals surface area contributed by atoms with Gasteiger partial charge in [0.1, 0.15) is 0 Å². The molecule has 2 heterocycles. The molecule has 0 saturated carbocycles. The number of rotatable bonds is 1. The largest absolute Gasteiger partial charge is 0.478 e. The van der Waals surface area contributed by atoms with Crippen molar-refractivity contribution in [3.05, 3.63) is 35.0 Å². The topological polar surface area (TPSA) is 54.3 Å². The number of carbonyl (C=O) groups is 1. The summed E-state index contributed by atoms with van der Waals surface area (Å²) in [7, 11) is 2.01. The van der Waals surface area contributed by atoms with Crippen molar-refractivity contribution in [2.45, 2.75) is 13.0 Å². The minimum Gasteiger partial charge on any atom is -0.478 e. The summed E-state index contributed by atoms with van der Waals surface area (Å²) in [4.78, 5) is 11.0. The van der Waals surface area contributed by atoms with Crippen molar-refractivity contribution >= 4 is 16.9 Å². The van der Waals surface area contributed by atoms with Crippen molar-refractivity contribution in [2.24, 2.45) is 7.05 Å². The molecule has 0 unspecified atom stereocenters. The van der Waals surface area contributed by atoms with E-state index >= 15 is 0 Å². The molecule has 0 atom stereocenters. The molecule has 0 radical (unpaired) electrons. The Morgan fingerprint density at radius 2 is 2.29 bits per heavy atom. The normalized spacial score (nSPS) is 14.9. The van der Waals surface area contributed by atoms with Gasteiger partial charge in [0, 0.05) is 43.2 Å². The number of carboxylic acids is 1. The number of hydrogen-bond donors (Lipinski definition) is 2. The maximum atomic E-state index is 11.0. The first kappa shape index (κ1) is 10.4. The molecule has 2 aromatic rings. The summed E-state index contributed by atoms with van der Waals surface area (Å²) < 4.78 is 2.12. The molecule has 0 spiro atoms. The van der Waals surface area contributed by atoms with Crippen LogP contribution in [0.2, 0.25) is 0 Å². The van der Waals surface area contributed by atoms with Gasteiger partial charge >= 0.3 is 5.97 Å². The lowest BCUT2D eigenvalue weighted by Gasteiger charge is -2.14. The quantitative estimate of drug-likeness (QED) is 0.781. The molecule has 88 valence electrons. The van der Waals surface area contributed by atoms with E-state index in [1.54, 1.807) is 12.1 Å². The second-order valence-electron chi connectivity index (χ2n) is 4.45. The van der Waals surface area contributed by atoms with E-state index in [0.717, 1.165) is 25.0 Å². The summed E-state index contributed by atoms with van der Waals surface area (Å²) in [5, 5.41) is 13.5. The van der Waals surface area contributed by atoms with Crippen LogP contribution in [0.5, 0.6) is 0 Å². The fourth-order valence-corrected chi connectivity index (χ4v) is 2.64. The second kappa shape index (κ2) is 3.60. The van der Waals surface area contributed by atoms with Crippen LogP contribution in [0.25, 0.3) is 10.9 Å². The lowest BCUT2D eigenvalue weighted by atomic mass is 10.1. The SMILES string of the molecule is Cn1c2c(c3ccc(C(=O)O)cc31)CNCC2. The predicted molar refractivity (Wildman–Crippen MR) is 65.3 cm³/mol. The Balaban J connectivity index is 2.30. The minimum atomic E-state index is -0.871. The van der Waals surface area contributed by atoms with Crippen LogP contribution >= 0.6 is 0 Å². The Morgan fingerprint density at radius 1 is 1.47 bits per heavy atom. The number of aryl methyl sites for hydroxylation is 1.